The molecule has 0 aliphatic rings. The molecule has 0 amide bonds. The fraction of sp³-hybridized carbons (Fsp3) is 0. The van der Waals surface area contributed by atoms with E-state index < -0.39 is 0 Å². The molecular weight excluding hydrogens is 164 g/mol. The van der Waals surface area contributed by atoms with Crippen molar-refractivity contribution in [1.29, 1.82) is 0 Å². The lowest BCUT2D eigenvalue weighted by molar-refractivity contribution is -0.634. The monoisotopic (exact) mass is 173 g/mol. The van der Waals surface area contributed by atoms with Crippen LogP contribution in [0.15, 0.2) is 36.7 Å². The van der Waals surface area contributed by atoms with Crippen molar-refractivity contribution in [1.82, 2.24) is 15.5 Å². The lowest BCUT2D eigenvalue weighted by atomic mass is 10.2. The third-order valence-corrected chi connectivity index (χ3v) is 1.62. The van der Waals surface area contributed by atoms with Gasteiger partial charge in [0.15, 0.2) is 5.21 Å². The first-order chi connectivity index (χ1) is 6.45. The van der Waals surface area contributed by atoms with E-state index in [1.165, 1.54) is 0 Å². The van der Waals surface area contributed by atoms with Gasteiger partial charge in [0.2, 0.25) is 0 Å². The second-order valence-corrected chi connectivity index (χ2v) is 2.56. The summed E-state index contributed by atoms with van der Waals surface area (Å²) in [7, 11) is 0. The number of hydrogen-bond acceptors (Lipinski definition) is 2. The van der Waals surface area contributed by atoms with Crippen LogP contribution in [0.1, 0.15) is 5.56 Å². The lowest BCUT2D eigenvalue weighted by Gasteiger charge is -1.88. The molecule has 0 radical (unpaired) electrons. The summed E-state index contributed by atoms with van der Waals surface area (Å²) in [5.41, 5.74) is 1.14. The predicted molar refractivity (Wildman–Crippen MR) is 48.2 cm³/mol. The molecule has 0 bridgehead atoms. The molecule has 2 rings (SSSR count). The van der Waals surface area contributed by atoms with Crippen LogP contribution in [-0.2, 0) is 0 Å². The van der Waals surface area contributed by atoms with Crippen molar-refractivity contribution in [2.75, 3.05) is 0 Å². The van der Waals surface area contributed by atoms with Crippen LogP contribution < -0.4 is 4.68 Å². The Morgan fingerprint density at radius 3 is 2.77 bits per heavy atom. The molecule has 1 N–H and O–H groups in total. The van der Waals surface area contributed by atoms with Gasteiger partial charge in [-0.2, -0.15) is 0 Å². The van der Waals surface area contributed by atoms with E-state index in [1.807, 2.05) is 42.6 Å². The largest absolute Gasteiger partial charge is 0.292 e. The van der Waals surface area contributed by atoms with E-state index in [9.17, 15) is 0 Å². The van der Waals surface area contributed by atoms with Crippen LogP contribution in [0.2, 0.25) is 0 Å². The van der Waals surface area contributed by atoms with Gasteiger partial charge in [0, 0.05) is 0 Å². The highest BCUT2D eigenvalue weighted by atomic mass is 15.5. The molecule has 1 aromatic heterocycles. The smallest absolute Gasteiger partial charge is 0.137 e. The lowest BCUT2D eigenvalue weighted by Crippen LogP contribution is -2.26. The van der Waals surface area contributed by atoms with Gasteiger partial charge in [-0.25, -0.2) is 0 Å². The molecule has 0 saturated carbocycles. The number of aromatic nitrogens is 4. The topological polar surface area (TPSA) is 45.5 Å². The third kappa shape index (κ3) is 1.99. The van der Waals surface area contributed by atoms with E-state index in [0.717, 1.165) is 5.56 Å². The Kier molecular flexibility index (Phi) is 2.14. The van der Waals surface area contributed by atoms with Crippen LogP contribution in [0, 0.1) is 0 Å². The minimum Gasteiger partial charge on any atom is -0.137 e. The number of nitrogens with zero attached hydrogens (tertiary/aromatic N) is 3. The average molecular weight is 173 g/mol. The molecule has 2 aromatic rings. The second-order valence-electron chi connectivity index (χ2n) is 2.56. The fourth-order valence-corrected chi connectivity index (χ4v) is 0.987. The Morgan fingerprint density at radius 1 is 1.23 bits per heavy atom. The number of hydrogen-bond donors (Lipinski definition) is 1. The van der Waals surface area contributed by atoms with Gasteiger partial charge in [-0.15, -0.1) is 4.68 Å². The van der Waals surface area contributed by atoms with Crippen LogP contribution in [0.3, 0.4) is 0 Å². The molecule has 0 unspecified atom stereocenters. The van der Waals surface area contributed by atoms with Gasteiger partial charge in [-0.05, 0) is 11.6 Å². The van der Waals surface area contributed by atoms with Crippen LogP contribution in [0.25, 0.3) is 12.3 Å². The molecule has 0 aliphatic carbocycles. The zero-order chi connectivity index (χ0) is 8.93. The van der Waals surface area contributed by atoms with Crippen LogP contribution in [-0.4, -0.2) is 15.5 Å². The molecule has 64 valence electrons. The summed E-state index contributed by atoms with van der Waals surface area (Å²) < 4.78 is 1.67. The van der Waals surface area contributed by atoms with Gasteiger partial charge in [-0.1, -0.05) is 35.5 Å². The van der Waals surface area contributed by atoms with Crippen molar-refractivity contribution in [2.45, 2.75) is 0 Å². The highest BCUT2D eigenvalue weighted by molar-refractivity contribution is 5.56. The summed E-state index contributed by atoms with van der Waals surface area (Å²) in [4.78, 5) is 0. The van der Waals surface area contributed by atoms with Crippen LogP contribution in [0.5, 0.6) is 0 Å². The SMILES string of the molecule is C(=C[n+]1cnn[nH]1)c1ccccc1. The molecule has 4 nitrogen and oxygen atoms in total. The summed E-state index contributed by atoms with van der Waals surface area (Å²) in [6.07, 6.45) is 5.43. The first-order valence-corrected chi connectivity index (χ1v) is 3.95. The zero-order valence-electron chi connectivity index (χ0n) is 6.96. The van der Waals surface area contributed by atoms with Gasteiger partial charge in [0.1, 0.15) is 5.10 Å². The molecule has 0 spiro atoms. The Balaban J connectivity index is 2.15. The van der Waals surface area contributed by atoms with E-state index in [0.29, 0.717) is 0 Å². The highest BCUT2D eigenvalue weighted by Crippen LogP contribution is 1.99. The first kappa shape index (κ1) is 7.67. The van der Waals surface area contributed by atoms with E-state index in [4.69, 9.17) is 0 Å². The van der Waals surface area contributed by atoms with Gasteiger partial charge >= 0.3 is 0 Å². The van der Waals surface area contributed by atoms with Gasteiger partial charge in [0.05, 0.1) is 6.20 Å². The van der Waals surface area contributed by atoms with E-state index in [1.54, 1.807) is 11.0 Å². The van der Waals surface area contributed by atoms with E-state index in [2.05, 4.69) is 15.5 Å². The predicted octanol–water partition coefficient (Wildman–Crippen LogP) is 0.720. The zero-order valence-corrected chi connectivity index (χ0v) is 6.96. The summed E-state index contributed by atoms with van der Waals surface area (Å²) in [6.45, 7) is 0. The number of H-pyrrole nitrogens is 1. The highest BCUT2D eigenvalue weighted by Gasteiger charge is 1.91. The van der Waals surface area contributed by atoms with Crippen molar-refractivity contribution in [3.8, 4) is 0 Å². The summed E-state index contributed by atoms with van der Waals surface area (Å²) in [6, 6.07) is 10.0. The standard InChI is InChI=1S/C9H8N4/c1-2-4-9(5-3-1)6-7-13-8-10-11-12-13/h1-8H/p+1. The molecule has 1 aromatic carbocycles. The number of rotatable bonds is 2. The third-order valence-electron chi connectivity index (χ3n) is 1.62. The Bertz CT molecular complexity index is 377. The van der Waals surface area contributed by atoms with Gasteiger partial charge < -0.3 is 0 Å². The van der Waals surface area contributed by atoms with Crippen LogP contribution in [0.4, 0.5) is 0 Å². The second kappa shape index (κ2) is 3.62. The molecule has 1 heterocycles. The molecule has 4 heteroatoms. The molecule has 0 atom stereocenters. The van der Waals surface area contributed by atoms with Crippen molar-refractivity contribution in [3.63, 3.8) is 0 Å². The fourth-order valence-electron chi connectivity index (χ4n) is 0.987. The molecule has 0 fully saturated rings. The molecule has 13 heavy (non-hydrogen) atoms. The quantitative estimate of drug-likeness (QED) is 0.680. The Labute approximate surface area is 75.5 Å². The molecule has 0 aliphatic heterocycles. The van der Waals surface area contributed by atoms with E-state index in [-0.39, 0.29) is 0 Å². The van der Waals surface area contributed by atoms with Crippen molar-refractivity contribution in [3.05, 3.63) is 42.2 Å². The minimum absolute atomic E-state index is 1.14. The van der Waals surface area contributed by atoms with Gasteiger partial charge in [-0.3, -0.25) is 0 Å². The normalized spacial score (nSPS) is 10.8. The van der Waals surface area contributed by atoms with Gasteiger partial charge in [0.25, 0.3) is 6.33 Å². The maximum Gasteiger partial charge on any atom is 0.292 e. The number of aromatic amines is 1. The van der Waals surface area contributed by atoms with Crippen molar-refractivity contribution in [2.24, 2.45) is 0 Å². The number of nitrogens with one attached hydrogen (secondary N) is 1. The summed E-state index contributed by atoms with van der Waals surface area (Å²) in [5, 5.41) is 9.89. The van der Waals surface area contributed by atoms with E-state index >= 15 is 0 Å². The summed E-state index contributed by atoms with van der Waals surface area (Å²) in [5.74, 6) is 0. The Hall–Kier alpha value is -1.97. The number of benzene rings is 1. The molecular formula is C9H9N4+. The average Bonchev–Trinajstić information content (AvgIpc) is 2.69. The molecule has 0 saturated heterocycles. The Morgan fingerprint density at radius 2 is 2.08 bits per heavy atom. The van der Waals surface area contributed by atoms with Crippen molar-refractivity contribution >= 4 is 12.3 Å². The maximum absolute atomic E-state index is 3.64. The maximum atomic E-state index is 3.64. The van der Waals surface area contributed by atoms with Crippen LogP contribution >= 0.6 is 0 Å². The summed E-state index contributed by atoms with van der Waals surface area (Å²) >= 11 is 0. The minimum atomic E-state index is 1.14. The number of tetrazole rings is 1. The van der Waals surface area contributed by atoms with Crippen molar-refractivity contribution < 1.29 is 4.68 Å². The first-order valence-electron chi connectivity index (χ1n) is 3.95.